The van der Waals surface area contributed by atoms with Gasteiger partial charge in [-0.05, 0) is 56.8 Å². The zero-order valence-corrected chi connectivity index (χ0v) is 30.5. The van der Waals surface area contributed by atoms with Crippen molar-refractivity contribution in [3.05, 3.63) is 35.9 Å². The highest BCUT2D eigenvalue weighted by Crippen LogP contribution is 2.43. The van der Waals surface area contributed by atoms with Gasteiger partial charge in [0, 0.05) is 33.7 Å². The van der Waals surface area contributed by atoms with E-state index in [4.69, 9.17) is 37.6 Å². The van der Waals surface area contributed by atoms with Gasteiger partial charge in [-0.1, -0.05) is 51.1 Å². The molecule has 11 nitrogen and oxygen atoms in total. The Kier molecular flexibility index (Phi) is 13.8. The average Bonchev–Trinajstić information content (AvgIpc) is 3.35. The third-order valence-electron chi connectivity index (χ3n) is 9.07. The molecule has 46 heavy (non-hydrogen) atoms. The van der Waals surface area contributed by atoms with Gasteiger partial charge in [-0.3, -0.25) is 4.79 Å². The minimum Gasteiger partial charge on any atom is -0.465 e. The summed E-state index contributed by atoms with van der Waals surface area (Å²) in [6.45, 7) is 17.6. The molecule has 262 valence electrons. The minimum absolute atomic E-state index is 0.0212. The lowest BCUT2D eigenvalue weighted by Crippen LogP contribution is -2.69. The SMILES string of the molecule is COC(=O)[C@]1(OC)C[C@H](O[Si](C)(C)C(C)(C)C)[C@@H](NC(C)=O)[C@H]([C@H](OCCCCCOCc2ccccc2)[C@H]2COC(C)(C)O2)O1. The molecule has 2 saturated heterocycles. The largest absolute Gasteiger partial charge is 0.465 e. The van der Waals surface area contributed by atoms with Crippen molar-refractivity contribution < 1.29 is 47.2 Å². The summed E-state index contributed by atoms with van der Waals surface area (Å²) in [5.74, 6) is -3.58. The van der Waals surface area contributed by atoms with Crippen molar-refractivity contribution in [1.29, 1.82) is 0 Å². The maximum atomic E-state index is 13.3. The topological polar surface area (TPSA) is 120 Å². The Labute approximate surface area is 276 Å². The summed E-state index contributed by atoms with van der Waals surface area (Å²) < 4.78 is 49.1. The molecule has 1 amide bonds. The molecule has 6 atom stereocenters. The van der Waals surface area contributed by atoms with Crippen LogP contribution >= 0.6 is 0 Å². The first-order valence-electron chi connectivity index (χ1n) is 16.4. The van der Waals surface area contributed by atoms with Gasteiger partial charge in [-0.2, -0.15) is 0 Å². The molecule has 3 rings (SSSR count). The number of carbonyl (C=O) groups excluding carboxylic acids is 2. The number of carbonyl (C=O) groups is 2. The van der Waals surface area contributed by atoms with E-state index in [9.17, 15) is 9.59 Å². The highest BCUT2D eigenvalue weighted by Gasteiger charge is 2.59. The van der Waals surface area contributed by atoms with E-state index in [1.807, 2.05) is 44.2 Å². The fraction of sp³-hybridized carbons (Fsp3) is 0.765. The minimum atomic E-state index is -2.42. The molecule has 0 radical (unpaired) electrons. The van der Waals surface area contributed by atoms with E-state index < -0.39 is 56.3 Å². The molecule has 0 spiro atoms. The van der Waals surface area contributed by atoms with Gasteiger partial charge in [-0.15, -0.1) is 0 Å². The summed E-state index contributed by atoms with van der Waals surface area (Å²) in [6, 6.07) is 9.41. The molecule has 2 fully saturated rings. The number of hydrogen-bond acceptors (Lipinski definition) is 10. The molecule has 1 aromatic carbocycles. The summed E-state index contributed by atoms with van der Waals surface area (Å²) in [4.78, 5) is 26.0. The molecule has 0 unspecified atom stereocenters. The Hall–Kier alpha value is -1.90. The molecule has 1 N–H and O–H groups in total. The van der Waals surface area contributed by atoms with Gasteiger partial charge in [0.2, 0.25) is 5.91 Å². The van der Waals surface area contributed by atoms with Crippen molar-refractivity contribution in [2.45, 2.75) is 134 Å². The number of methoxy groups -OCH3 is 2. The summed E-state index contributed by atoms with van der Waals surface area (Å²) in [6.07, 6.45) is -0.292. The van der Waals surface area contributed by atoms with E-state index in [2.05, 4.69) is 39.2 Å². The number of hydrogen-bond donors (Lipinski definition) is 1. The predicted molar refractivity (Wildman–Crippen MR) is 176 cm³/mol. The number of ether oxygens (including phenoxy) is 7. The lowest BCUT2D eigenvalue weighted by atomic mass is 9.88. The standard InChI is InChI=1S/C34H57NO10Si/c1-24(36)35-28-26(45-46(9,10)32(2,3)4)21-34(39-8,31(37)38-7)44-30(28)29(27-23-42-33(5,6)43-27)41-20-16-12-15-19-40-22-25-17-13-11-14-18-25/h11,13-14,17-18,26-30H,12,15-16,19-23H2,1-10H3,(H,35,36)/t26-,27+,28+,29+,30+,34-/m0/s1. The van der Waals surface area contributed by atoms with E-state index in [-0.39, 0.29) is 24.0 Å². The van der Waals surface area contributed by atoms with Crippen LogP contribution in [0.25, 0.3) is 0 Å². The van der Waals surface area contributed by atoms with Crippen LogP contribution in [0.5, 0.6) is 0 Å². The number of benzene rings is 1. The number of nitrogens with one attached hydrogen (secondary N) is 1. The number of esters is 1. The first kappa shape index (κ1) is 38.5. The van der Waals surface area contributed by atoms with E-state index >= 15 is 0 Å². The van der Waals surface area contributed by atoms with E-state index in [1.165, 1.54) is 21.1 Å². The van der Waals surface area contributed by atoms with Crippen LogP contribution in [0.3, 0.4) is 0 Å². The predicted octanol–water partition coefficient (Wildman–Crippen LogP) is 5.11. The summed E-state index contributed by atoms with van der Waals surface area (Å²) in [5.41, 5.74) is 1.14. The maximum absolute atomic E-state index is 13.3. The van der Waals surface area contributed by atoms with Crippen LogP contribution in [0.4, 0.5) is 0 Å². The molecule has 0 saturated carbocycles. The van der Waals surface area contributed by atoms with Crippen molar-refractivity contribution in [1.82, 2.24) is 5.32 Å². The van der Waals surface area contributed by atoms with E-state index in [1.54, 1.807) is 0 Å². The second kappa shape index (κ2) is 16.5. The van der Waals surface area contributed by atoms with Crippen LogP contribution in [0, 0.1) is 0 Å². The van der Waals surface area contributed by atoms with Crippen molar-refractivity contribution in [2.75, 3.05) is 34.0 Å². The third kappa shape index (κ3) is 10.3. The van der Waals surface area contributed by atoms with Gasteiger partial charge in [0.05, 0.1) is 32.5 Å². The molecule has 0 aromatic heterocycles. The highest BCUT2D eigenvalue weighted by molar-refractivity contribution is 6.74. The second-order valence-electron chi connectivity index (χ2n) is 14.2. The molecule has 0 bridgehead atoms. The van der Waals surface area contributed by atoms with Crippen LogP contribution in [0.1, 0.15) is 72.8 Å². The molecule has 1 aromatic rings. The summed E-state index contributed by atoms with van der Waals surface area (Å²) >= 11 is 0. The first-order chi connectivity index (χ1) is 21.5. The van der Waals surface area contributed by atoms with Crippen LogP contribution in [-0.4, -0.2) is 96.3 Å². The number of amides is 1. The van der Waals surface area contributed by atoms with Crippen molar-refractivity contribution in [3.8, 4) is 0 Å². The Morgan fingerprint density at radius 1 is 1.04 bits per heavy atom. The van der Waals surface area contributed by atoms with Crippen molar-refractivity contribution >= 4 is 20.2 Å². The van der Waals surface area contributed by atoms with Crippen LogP contribution in [0.15, 0.2) is 30.3 Å². The number of unbranched alkanes of at least 4 members (excludes halogenated alkanes) is 2. The van der Waals surface area contributed by atoms with Crippen LogP contribution < -0.4 is 5.32 Å². The summed E-state index contributed by atoms with van der Waals surface area (Å²) in [5, 5.41) is 2.93. The quantitative estimate of drug-likeness (QED) is 0.145. The van der Waals surface area contributed by atoms with Gasteiger partial charge in [-0.25, -0.2) is 4.79 Å². The van der Waals surface area contributed by atoms with Gasteiger partial charge < -0.3 is 42.9 Å². The summed E-state index contributed by atoms with van der Waals surface area (Å²) in [7, 11) is 0.281. The van der Waals surface area contributed by atoms with Gasteiger partial charge >= 0.3 is 5.97 Å². The molecular weight excluding hydrogens is 610 g/mol. The fourth-order valence-electron chi connectivity index (χ4n) is 5.56. The maximum Gasteiger partial charge on any atom is 0.366 e. The molecule has 2 aliphatic rings. The molecule has 0 aliphatic carbocycles. The van der Waals surface area contributed by atoms with E-state index in [0.29, 0.717) is 19.8 Å². The Balaban J connectivity index is 1.84. The zero-order chi connectivity index (χ0) is 34.2. The smallest absolute Gasteiger partial charge is 0.366 e. The first-order valence-corrected chi connectivity index (χ1v) is 19.3. The van der Waals surface area contributed by atoms with Crippen molar-refractivity contribution in [2.24, 2.45) is 0 Å². The van der Waals surface area contributed by atoms with E-state index in [0.717, 1.165) is 24.8 Å². The molecule has 2 aliphatic heterocycles. The second-order valence-corrected chi connectivity index (χ2v) is 18.9. The molecule has 12 heteroatoms. The Morgan fingerprint density at radius 3 is 2.28 bits per heavy atom. The lowest BCUT2D eigenvalue weighted by Gasteiger charge is -2.51. The van der Waals surface area contributed by atoms with Crippen molar-refractivity contribution in [3.63, 3.8) is 0 Å². The average molecular weight is 668 g/mol. The monoisotopic (exact) mass is 667 g/mol. The molecule has 2 heterocycles. The Morgan fingerprint density at radius 2 is 1.72 bits per heavy atom. The van der Waals surface area contributed by atoms with Gasteiger partial charge in [0.25, 0.3) is 5.79 Å². The highest BCUT2D eigenvalue weighted by atomic mass is 28.4. The fourth-order valence-corrected chi connectivity index (χ4v) is 6.90. The lowest BCUT2D eigenvalue weighted by molar-refractivity contribution is -0.307. The Bertz CT molecular complexity index is 1110. The number of rotatable bonds is 16. The van der Waals surface area contributed by atoms with Gasteiger partial charge in [0.15, 0.2) is 14.1 Å². The zero-order valence-electron chi connectivity index (χ0n) is 29.5. The molecular formula is C34H57NO10Si. The van der Waals surface area contributed by atoms with Gasteiger partial charge in [0.1, 0.15) is 18.3 Å². The third-order valence-corrected chi connectivity index (χ3v) is 13.6. The van der Waals surface area contributed by atoms with Crippen LogP contribution in [-0.2, 0) is 53.8 Å². The van der Waals surface area contributed by atoms with Crippen LogP contribution in [0.2, 0.25) is 18.1 Å². The normalized spacial score (nSPS) is 27.3.